The van der Waals surface area contributed by atoms with Gasteiger partial charge in [-0.2, -0.15) is 10.2 Å². The van der Waals surface area contributed by atoms with Crippen molar-refractivity contribution in [3.05, 3.63) is 53.0 Å². The van der Waals surface area contributed by atoms with Crippen molar-refractivity contribution in [3.8, 4) is 11.3 Å². The fraction of sp³-hybridized carbons (Fsp3) is 0.350. The zero-order valence-corrected chi connectivity index (χ0v) is 15.8. The molecule has 26 heavy (non-hydrogen) atoms. The molecule has 1 aromatic carbocycles. The lowest BCUT2D eigenvalue weighted by atomic mass is 10.1. The molecule has 0 aliphatic heterocycles. The van der Waals surface area contributed by atoms with Gasteiger partial charge in [0.15, 0.2) is 0 Å². The zero-order chi connectivity index (χ0) is 18.7. The van der Waals surface area contributed by atoms with Crippen LogP contribution in [0.15, 0.2) is 30.3 Å². The summed E-state index contributed by atoms with van der Waals surface area (Å²) < 4.78 is 1.82. The first kappa shape index (κ1) is 17.9. The number of carbonyl (C=O) groups excluding carboxylic acids is 1. The topological polar surface area (TPSA) is 75.6 Å². The Labute approximate surface area is 153 Å². The molecular weight excluding hydrogens is 326 g/mol. The summed E-state index contributed by atoms with van der Waals surface area (Å²) in [6.07, 6.45) is 3.42. The van der Waals surface area contributed by atoms with Crippen LogP contribution in [-0.4, -0.2) is 25.9 Å². The van der Waals surface area contributed by atoms with Gasteiger partial charge in [0.1, 0.15) is 5.69 Å². The average Bonchev–Trinajstić information content (AvgIpc) is 3.19. The molecule has 2 N–H and O–H groups in total. The Morgan fingerprint density at radius 3 is 2.58 bits per heavy atom. The highest BCUT2D eigenvalue weighted by molar-refractivity contribution is 6.03. The Morgan fingerprint density at radius 1 is 1.23 bits per heavy atom. The molecule has 0 radical (unpaired) electrons. The fourth-order valence-electron chi connectivity index (χ4n) is 3.04. The van der Waals surface area contributed by atoms with E-state index in [1.165, 1.54) is 18.4 Å². The van der Waals surface area contributed by atoms with Crippen molar-refractivity contribution in [1.82, 2.24) is 20.0 Å². The molecular formula is C20H25N5O. The van der Waals surface area contributed by atoms with E-state index in [1.807, 2.05) is 37.7 Å². The number of aryl methyl sites for hydroxylation is 3. The minimum Gasteiger partial charge on any atom is -0.321 e. The first-order valence-corrected chi connectivity index (χ1v) is 8.96. The largest absolute Gasteiger partial charge is 0.321 e. The standard InChI is InChI=1S/C20H25N5O/c1-5-6-7-15-8-10-16(11-9-15)21-20(26)18-12-17(22-23-18)19-13(2)24-25(4)14(19)3/h8-12H,5-7H2,1-4H3,(H,21,26)(H,22,23). The van der Waals surface area contributed by atoms with Gasteiger partial charge in [-0.25, -0.2) is 0 Å². The number of aromatic amines is 1. The molecule has 0 unspecified atom stereocenters. The Bertz CT molecular complexity index is 905. The smallest absolute Gasteiger partial charge is 0.273 e. The molecule has 0 atom stereocenters. The van der Waals surface area contributed by atoms with Crippen molar-refractivity contribution < 1.29 is 4.79 Å². The Balaban J connectivity index is 1.72. The number of carbonyl (C=O) groups is 1. The Kier molecular flexibility index (Phi) is 5.21. The summed E-state index contributed by atoms with van der Waals surface area (Å²) in [4.78, 5) is 12.5. The van der Waals surface area contributed by atoms with E-state index in [-0.39, 0.29) is 5.91 Å². The number of unbranched alkanes of at least 4 members (excludes halogenated alkanes) is 1. The number of anilines is 1. The van der Waals surface area contributed by atoms with Crippen molar-refractivity contribution >= 4 is 11.6 Å². The number of aromatic nitrogens is 4. The minimum atomic E-state index is -0.204. The number of nitrogens with one attached hydrogen (secondary N) is 2. The van der Waals surface area contributed by atoms with Crippen molar-refractivity contribution in [3.63, 3.8) is 0 Å². The highest BCUT2D eigenvalue weighted by Crippen LogP contribution is 2.25. The van der Waals surface area contributed by atoms with Crippen LogP contribution in [-0.2, 0) is 13.5 Å². The lowest BCUT2D eigenvalue weighted by Gasteiger charge is -2.05. The summed E-state index contributed by atoms with van der Waals surface area (Å²) in [5.41, 5.74) is 6.10. The van der Waals surface area contributed by atoms with E-state index in [9.17, 15) is 4.79 Å². The van der Waals surface area contributed by atoms with Crippen LogP contribution in [0.1, 0.15) is 47.2 Å². The molecule has 6 nitrogen and oxygen atoms in total. The Hall–Kier alpha value is -2.89. The molecule has 2 aromatic heterocycles. The molecule has 3 aromatic rings. The minimum absolute atomic E-state index is 0.204. The number of H-pyrrole nitrogens is 1. The monoisotopic (exact) mass is 351 g/mol. The van der Waals surface area contributed by atoms with Gasteiger partial charge in [-0.05, 0) is 50.5 Å². The third-order valence-electron chi connectivity index (χ3n) is 4.62. The molecule has 6 heteroatoms. The normalized spacial score (nSPS) is 10.9. The fourth-order valence-corrected chi connectivity index (χ4v) is 3.04. The number of amides is 1. The molecule has 0 saturated heterocycles. The third-order valence-corrected chi connectivity index (χ3v) is 4.62. The van der Waals surface area contributed by atoms with Crippen LogP contribution in [0.5, 0.6) is 0 Å². The highest BCUT2D eigenvalue weighted by Gasteiger charge is 2.17. The summed E-state index contributed by atoms with van der Waals surface area (Å²) in [6.45, 7) is 6.11. The average molecular weight is 351 g/mol. The number of hydrogen-bond acceptors (Lipinski definition) is 3. The second-order valence-electron chi connectivity index (χ2n) is 6.59. The second-order valence-corrected chi connectivity index (χ2v) is 6.59. The van der Waals surface area contributed by atoms with Crippen molar-refractivity contribution in [1.29, 1.82) is 0 Å². The predicted octanol–water partition coefficient (Wildman–Crippen LogP) is 4.02. The van der Waals surface area contributed by atoms with Gasteiger partial charge in [-0.3, -0.25) is 14.6 Å². The van der Waals surface area contributed by atoms with Crippen LogP contribution in [0.3, 0.4) is 0 Å². The SMILES string of the molecule is CCCCc1ccc(NC(=O)c2cc(-c3c(C)nn(C)c3C)n[nH]2)cc1. The second kappa shape index (κ2) is 7.56. The molecule has 0 aliphatic rings. The van der Waals surface area contributed by atoms with Crippen LogP contribution in [0, 0.1) is 13.8 Å². The molecule has 2 heterocycles. The molecule has 0 saturated carbocycles. The van der Waals surface area contributed by atoms with Gasteiger partial charge in [0.2, 0.25) is 0 Å². The van der Waals surface area contributed by atoms with E-state index in [4.69, 9.17) is 0 Å². The van der Waals surface area contributed by atoms with Gasteiger partial charge in [0.05, 0.1) is 11.4 Å². The van der Waals surface area contributed by atoms with Gasteiger partial charge < -0.3 is 5.32 Å². The Morgan fingerprint density at radius 2 is 1.96 bits per heavy atom. The van der Waals surface area contributed by atoms with E-state index in [1.54, 1.807) is 6.07 Å². The number of nitrogens with zero attached hydrogens (tertiary/aromatic N) is 3. The van der Waals surface area contributed by atoms with E-state index in [0.29, 0.717) is 5.69 Å². The number of hydrogen-bond donors (Lipinski definition) is 2. The van der Waals surface area contributed by atoms with Crippen molar-refractivity contribution in [2.45, 2.75) is 40.0 Å². The lowest BCUT2D eigenvalue weighted by Crippen LogP contribution is -2.12. The molecule has 3 rings (SSSR count). The van der Waals surface area contributed by atoms with E-state index in [0.717, 1.165) is 34.8 Å². The summed E-state index contributed by atoms with van der Waals surface area (Å²) in [5, 5.41) is 14.4. The maximum absolute atomic E-state index is 12.5. The van der Waals surface area contributed by atoms with Crippen LogP contribution >= 0.6 is 0 Å². The summed E-state index contributed by atoms with van der Waals surface area (Å²) in [5.74, 6) is -0.204. The van der Waals surface area contributed by atoms with Crippen LogP contribution in [0.2, 0.25) is 0 Å². The third kappa shape index (κ3) is 3.69. The van der Waals surface area contributed by atoms with Crippen molar-refractivity contribution in [2.24, 2.45) is 7.05 Å². The maximum atomic E-state index is 12.5. The molecule has 0 spiro atoms. The van der Waals surface area contributed by atoms with E-state index < -0.39 is 0 Å². The quantitative estimate of drug-likeness (QED) is 0.704. The van der Waals surface area contributed by atoms with Gasteiger partial charge in [0.25, 0.3) is 5.91 Å². The number of rotatable bonds is 6. The highest BCUT2D eigenvalue weighted by atomic mass is 16.1. The summed E-state index contributed by atoms with van der Waals surface area (Å²) in [7, 11) is 1.90. The van der Waals surface area contributed by atoms with Gasteiger partial charge >= 0.3 is 0 Å². The lowest BCUT2D eigenvalue weighted by molar-refractivity contribution is 0.102. The molecule has 0 fully saturated rings. The van der Waals surface area contributed by atoms with Crippen LogP contribution in [0.4, 0.5) is 5.69 Å². The predicted molar refractivity (Wildman–Crippen MR) is 103 cm³/mol. The molecule has 0 bridgehead atoms. The van der Waals surface area contributed by atoms with Gasteiger partial charge in [-0.15, -0.1) is 0 Å². The maximum Gasteiger partial charge on any atom is 0.273 e. The first-order valence-electron chi connectivity index (χ1n) is 8.96. The van der Waals surface area contributed by atoms with E-state index in [2.05, 4.69) is 39.7 Å². The van der Waals surface area contributed by atoms with Crippen LogP contribution in [0.25, 0.3) is 11.3 Å². The first-order chi connectivity index (χ1) is 12.5. The molecule has 0 aliphatic carbocycles. The summed E-state index contributed by atoms with van der Waals surface area (Å²) in [6, 6.07) is 9.77. The summed E-state index contributed by atoms with van der Waals surface area (Å²) >= 11 is 0. The molecule has 136 valence electrons. The number of benzene rings is 1. The van der Waals surface area contributed by atoms with Gasteiger partial charge in [0, 0.05) is 24.0 Å². The van der Waals surface area contributed by atoms with Gasteiger partial charge in [-0.1, -0.05) is 25.5 Å². The van der Waals surface area contributed by atoms with Crippen molar-refractivity contribution in [2.75, 3.05) is 5.32 Å². The van der Waals surface area contributed by atoms with Crippen LogP contribution < -0.4 is 5.32 Å². The molecule has 1 amide bonds. The zero-order valence-electron chi connectivity index (χ0n) is 15.8. The van der Waals surface area contributed by atoms with E-state index >= 15 is 0 Å².